The van der Waals surface area contributed by atoms with Gasteiger partial charge in [-0.3, -0.25) is 9.59 Å². The van der Waals surface area contributed by atoms with Crippen LogP contribution in [-0.4, -0.2) is 17.0 Å². The standard InChI is InChI=1S/C19H20ClNO3/c1-19(2,14-6-4-7-15(20)12-14)18(24)21-16-8-3-5-13(11-16)9-10-17(22)23/h3-8,11-12H,9-10H2,1-2H3,(H,21,24)(H,22,23). The zero-order valence-corrected chi connectivity index (χ0v) is 14.4. The van der Waals surface area contributed by atoms with E-state index in [0.29, 0.717) is 17.1 Å². The lowest BCUT2D eigenvalue weighted by Gasteiger charge is -2.24. The number of carbonyl (C=O) groups is 2. The van der Waals surface area contributed by atoms with Crippen molar-refractivity contribution in [3.8, 4) is 0 Å². The first kappa shape index (κ1) is 18.0. The second-order valence-electron chi connectivity index (χ2n) is 6.18. The number of anilines is 1. The summed E-state index contributed by atoms with van der Waals surface area (Å²) in [5, 5.41) is 12.2. The van der Waals surface area contributed by atoms with Crippen LogP contribution < -0.4 is 5.32 Å². The van der Waals surface area contributed by atoms with Gasteiger partial charge in [0.15, 0.2) is 0 Å². The molecule has 0 bridgehead atoms. The monoisotopic (exact) mass is 345 g/mol. The Labute approximate surface area is 146 Å². The summed E-state index contributed by atoms with van der Waals surface area (Å²) in [6, 6.07) is 14.5. The van der Waals surface area contributed by atoms with Crippen LogP contribution in [0.25, 0.3) is 0 Å². The first-order valence-electron chi connectivity index (χ1n) is 7.67. The summed E-state index contributed by atoms with van der Waals surface area (Å²) in [6.07, 6.45) is 0.488. The van der Waals surface area contributed by atoms with Gasteiger partial charge in [-0.1, -0.05) is 35.9 Å². The molecule has 0 radical (unpaired) electrons. The molecule has 2 N–H and O–H groups in total. The highest BCUT2D eigenvalue weighted by Gasteiger charge is 2.30. The topological polar surface area (TPSA) is 66.4 Å². The molecular formula is C19H20ClNO3. The molecule has 2 rings (SSSR count). The summed E-state index contributed by atoms with van der Waals surface area (Å²) in [6.45, 7) is 3.67. The van der Waals surface area contributed by atoms with Gasteiger partial charge in [0, 0.05) is 17.1 Å². The minimum absolute atomic E-state index is 0.0609. The molecule has 0 saturated heterocycles. The Hall–Kier alpha value is -2.33. The van der Waals surface area contributed by atoms with Gasteiger partial charge in [0.1, 0.15) is 0 Å². The Bertz CT molecular complexity index is 756. The maximum atomic E-state index is 12.7. The lowest BCUT2D eigenvalue weighted by atomic mass is 9.83. The maximum absolute atomic E-state index is 12.7. The third-order valence-electron chi connectivity index (χ3n) is 3.93. The normalized spacial score (nSPS) is 11.1. The van der Waals surface area contributed by atoms with E-state index in [9.17, 15) is 9.59 Å². The second kappa shape index (κ2) is 7.49. The molecule has 24 heavy (non-hydrogen) atoms. The fourth-order valence-corrected chi connectivity index (χ4v) is 2.54. The smallest absolute Gasteiger partial charge is 0.303 e. The molecule has 5 heteroatoms. The van der Waals surface area contributed by atoms with Crippen molar-refractivity contribution in [1.29, 1.82) is 0 Å². The van der Waals surface area contributed by atoms with Crippen molar-refractivity contribution in [3.05, 3.63) is 64.7 Å². The summed E-state index contributed by atoms with van der Waals surface area (Å²) in [7, 11) is 0. The van der Waals surface area contributed by atoms with Gasteiger partial charge in [0.05, 0.1) is 5.41 Å². The molecule has 0 spiro atoms. The fourth-order valence-electron chi connectivity index (χ4n) is 2.35. The number of aliphatic carboxylic acids is 1. The average Bonchev–Trinajstić information content (AvgIpc) is 2.53. The number of benzene rings is 2. The number of hydrogen-bond donors (Lipinski definition) is 2. The maximum Gasteiger partial charge on any atom is 0.303 e. The third kappa shape index (κ3) is 4.59. The number of nitrogens with one attached hydrogen (secondary N) is 1. The van der Waals surface area contributed by atoms with Crippen molar-refractivity contribution in [2.24, 2.45) is 0 Å². The van der Waals surface area contributed by atoms with Gasteiger partial charge in [-0.25, -0.2) is 0 Å². The molecule has 0 heterocycles. The van der Waals surface area contributed by atoms with Crippen LogP contribution in [0.15, 0.2) is 48.5 Å². The van der Waals surface area contributed by atoms with Crippen LogP contribution >= 0.6 is 11.6 Å². The molecule has 2 aromatic carbocycles. The van der Waals surface area contributed by atoms with E-state index >= 15 is 0 Å². The van der Waals surface area contributed by atoms with Gasteiger partial charge >= 0.3 is 5.97 Å². The molecule has 0 fully saturated rings. The van der Waals surface area contributed by atoms with Crippen LogP contribution in [-0.2, 0) is 21.4 Å². The molecule has 0 aliphatic rings. The van der Waals surface area contributed by atoms with Crippen LogP contribution in [0.3, 0.4) is 0 Å². The van der Waals surface area contributed by atoms with Gasteiger partial charge in [0.25, 0.3) is 0 Å². The van der Waals surface area contributed by atoms with Gasteiger partial charge < -0.3 is 10.4 Å². The molecule has 0 aliphatic heterocycles. The zero-order valence-electron chi connectivity index (χ0n) is 13.7. The number of carboxylic acids is 1. The number of rotatable bonds is 6. The lowest BCUT2D eigenvalue weighted by molar-refractivity contribution is -0.137. The van der Waals surface area contributed by atoms with E-state index in [2.05, 4.69) is 5.32 Å². The zero-order chi connectivity index (χ0) is 17.7. The molecule has 126 valence electrons. The van der Waals surface area contributed by atoms with Crippen molar-refractivity contribution in [1.82, 2.24) is 0 Å². The molecule has 0 saturated carbocycles. The third-order valence-corrected chi connectivity index (χ3v) is 4.16. The summed E-state index contributed by atoms with van der Waals surface area (Å²) >= 11 is 6.02. The summed E-state index contributed by atoms with van der Waals surface area (Å²) < 4.78 is 0. The van der Waals surface area contributed by atoms with Crippen molar-refractivity contribution in [2.75, 3.05) is 5.32 Å². The lowest BCUT2D eigenvalue weighted by Crippen LogP contribution is -2.34. The van der Waals surface area contributed by atoms with Crippen molar-refractivity contribution in [3.63, 3.8) is 0 Å². The predicted molar refractivity (Wildman–Crippen MR) is 95.5 cm³/mol. The molecule has 0 aliphatic carbocycles. The van der Waals surface area contributed by atoms with Gasteiger partial charge in [0.2, 0.25) is 5.91 Å². The Morgan fingerprint density at radius 1 is 1.12 bits per heavy atom. The molecule has 0 unspecified atom stereocenters. The van der Waals surface area contributed by atoms with Crippen LogP contribution in [0.1, 0.15) is 31.4 Å². The number of carboxylic acid groups (broad SMARTS) is 1. The Morgan fingerprint density at radius 2 is 1.83 bits per heavy atom. The van der Waals surface area contributed by atoms with Crippen LogP contribution in [0.5, 0.6) is 0 Å². The number of aryl methyl sites for hydroxylation is 1. The van der Waals surface area contributed by atoms with Crippen molar-refractivity contribution >= 4 is 29.2 Å². The largest absolute Gasteiger partial charge is 0.481 e. The average molecular weight is 346 g/mol. The highest BCUT2D eigenvalue weighted by molar-refractivity contribution is 6.30. The SMILES string of the molecule is CC(C)(C(=O)Nc1cccc(CCC(=O)O)c1)c1cccc(Cl)c1. The minimum Gasteiger partial charge on any atom is -0.481 e. The van der Waals surface area contributed by atoms with E-state index in [1.165, 1.54) is 0 Å². The highest BCUT2D eigenvalue weighted by atomic mass is 35.5. The van der Waals surface area contributed by atoms with Crippen molar-refractivity contribution < 1.29 is 14.7 Å². The summed E-state index contributed by atoms with van der Waals surface area (Å²) in [4.78, 5) is 23.3. The van der Waals surface area contributed by atoms with Gasteiger partial charge in [-0.05, 0) is 55.7 Å². The second-order valence-corrected chi connectivity index (χ2v) is 6.62. The Balaban J connectivity index is 2.13. The van der Waals surface area contributed by atoms with Crippen LogP contribution in [0, 0.1) is 0 Å². The van der Waals surface area contributed by atoms with E-state index in [1.807, 2.05) is 32.0 Å². The quantitative estimate of drug-likeness (QED) is 0.821. The molecule has 0 atom stereocenters. The molecular weight excluding hydrogens is 326 g/mol. The number of amides is 1. The van der Waals surface area contributed by atoms with Gasteiger partial charge in [-0.15, -0.1) is 0 Å². The molecule has 0 aromatic heterocycles. The highest BCUT2D eigenvalue weighted by Crippen LogP contribution is 2.27. The van der Waals surface area contributed by atoms with Crippen LogP contribution in [0.4, 0.5) is 5.69 Å². The first-order chi connectivity index (χ1) is 11.3. The molecule has 2 aromatic rings. The van der Waals surface area contributed by atoms with E-state index < -0.39 is 11.4 Å². The van der Waals surface area contributed by atoms with Crippen molar-refractivity contribution in [2.45, 2.75) is 32.1 Å². The van der Waals surface area contributed by atoms with Crippen LogP contribution in [0.2, 0.25) is 5.02 Å². The van der Waals surface area contributed by atoms with E-state index in [4.69, 9.17) is 16.7 Å². The minimum atomic E-state index is -0.841. The first-order valence-corrected chi connectivity index (χ1v) is 8.05. The van der Waals surface area contributed by atoms with Gasteiger partial charge in [-0.2, -0.15) is 0 Å². The Morgan fingerprint density at radius 3 is 2.50 bits per heavy atom. The fraction of sp³-hybridized carbons (Fsp3) is 0.263. The summed E-state index contributed by atoms with van der Waals surface area (Å²) in [5.74, 6) is -0.994. The Kier molecular flexibility index (Phi) is 5.62. The van der Waals surface area contributed by atoms with E-state index in [1.54, 1.807) is 30.3 Å². The van der Waals surface area contributed by atoms with E-state index in [-0.39, 0.29) is 12.3 Å². The molecule has 1 amide bonds. The summed E-state index contributed by atoms with van der Waals surface area (Å²) in [5.41, 5.74) is 1.60. The van der Waals surface area contributed by atoms with E-state index in [0.717, 1.165) is 11.1 Å². The molecule has 4 nitrogen and oxygen atoms in total. The number of halogens is 1. The number of hydrogen-bond acceptors (Lipinski definition) is 2. The number of carbonyl (C=O) groups excluding carboxylic acids is 1. The predicted octanol–water partition coefficient (Wildman–Crippen LogP) is 4.27.